The highest BCUT2D eigenvalue weighted by Crippen LogP contribution is 2.57. The molecular formula is C24H36N4O4. The molecule has 4 aliphatic rings. The summed E-state index contributed by atoms with van der Waals surface area (Å²) in [5.74, 6) is 0.960. The number of hydrogen-bond acceptors (Lipinski definition) is 5. The van der Waals surface area contributed by atoms with E-state index < -0.39 is 11.0 Å². The summed E-state index contributed by atoms with van der Waals surface area (Å²) in [6.07, 6.45) is 10.1. The maximum Gasteiger partial charge on any atom is 0.258 e. The van der Waals surface area contributed by atoms with Crippen molar-refractivity contribution in [3.05, 3.63) is 17.8 Å². The second-order valence-electron chi connectivity index (χ2n) is 11.0. The van der Waals surface area contributed by atoms with E-state index in [-0.39, 0.29) is 23.5 Å². The lowest BCUT2D eigenvalue weighted by molar-refractivity contribution is -0.139. The third-order valence-corrected chi connectivity index (χ3v) is 7.20. The van der Waals surface area contributed by atoms with Crippen molar-refractivity contribution < 1.29 is 19.4 Å². The molecule has 2 atom stereocenters. The van der Waals surface area contributed by atoms with Gasteiger partial charge < -0.3 is 20.5 Å². The SMILES string of the molecule is CNC(=O)C(C)(C)/C=C/n1ncc(C(=O)NC23CC4CC(CC(O)(C4)C2)C3)c1OC(C)C. The fraction of sp³-hybridized carbons (Fsp3) is 0.708. The average molecular weight is 445 g/mol. The highest BCUT2D eigenvalue weighted by atomic mass is 16.5. The standard InChI is InChI=1S/C24H36N4O4/c1-15(2)32-20-18(13-26-28(20)7-6-22(3,4)21(30)25-5)19(29)27-23-9-16-8-17(10-23)12-24(31,11-16)14-23/h6-7,13,15-17,31H,8-12,14H2,1-5H3,(H,25,30)(H,27,29)/b7-6+. The molecule has 2 amide bonds. The van der Waals surface area contributed by atoms with Gasteiger partial charge in [0.25, 0.3) is 5.91 Å². The first-order valence-corrected chi connectivity index (χ1v) is 11.6. The highest BCUT2D eigenvalue weighted by Gasteiger charge is 2.57. The molecule has 0 radical (unpaired) electrons. The van der Waals surface area contributed by atoms with Gasteiger partial charge in [-0.3, -0.25) is 9.59 Å². The minimum absolute atomic E-state index is 0.120. The molecule has 5 rings (SSSR count). The lowest BCUT2D eigenvalue weighted by Gasteiger charge is -2.60. The summed E-state index contributed by atoms with van der Waals surface area (Å²) >= 11 is 0. The summed E-state index contributed by atoms with van der Waals surface area (Å²) in [6, 6.07) is 0. The van der Waals surface area contributed by atoms with E-state index in [2.05, 4.69) is 15.7 Å². The number of carbonyl (C=O) groups excluding carboxylic acids is 2. The van der Waals surface area contributed by atoms with E-state index in [1.165, 1.54) is 10.9 Å². The fourth-order valence-electron chi connectivity index (χ4n) is 6.28. The molecule has 0 aromatic carbocycles. The molecule has 1 aromatic heterocycles. The third-order valence-electron chi connectivity index (χ3n) is 7.20. The summed E-state index contributed by atoms with van der Waals surface area (Å²) in [6.45, 7) is 7.40. The Bertz CT molecular complexity index is 918. The van der Waals surface area contributed by atoms with Crippen LogP contribution in [0.25, 0.3) is 6.20 Å². The number of hydrogen-bond donors (Lipinski definition) is 3. The number of nitrogens with zero attached hydrogens (tertiary/aromatic N) is 2. The van der Waals surface area contributed by atoms with Crippen molar-refractivity contribution in [1.82, 2.24) is 20.4 Å². The second-order valence-corrected chi connectivity index (χ2v) is 11.0. The summed E-state index contributed by atoms with van der Waals surface area (Å²) in [4.78, 5) is 25.5. The topological polar surface area (TPSA) is 105 Å². The predicted octanol–water partition coefficient (Wildman–Crippen LogP) is 2.73. The smallest absolute Gasteiger partial charge is 0.258 e. The van der Waals surface area contributed by atoms with Gasteiger partial charge in [-0.2, -0.15) is 5.10 Å². The van der Waals surface area contributed by atoms with E-state index >= 15 is 0 Å². The van der Waals surface area contributed by atoms with Crippen LogP contribution < -0.4 is 15.4 Å². The molecule has 176 valence electrons. The summed E-state index contributed by atoms with van der Waals surface area (Å²) < 4.78 is 7.48. The van der Waals surface area contributed by atoms with Crippen molar-refractivity contribution in [2.24, 2.45) is 17.3 Å². The van der Waals surface area contributed by atoms with Gasteiger partial charge in [0.05, 0.1) is 23.3 Å². The van der Waals surface area contributed by atoms with Gasteiger partial charge in [-0.1, -0.05) is 6.08 Å². The van der Waals surface area contributed by atoms with Gasteiger partial charge in [-0.25, -0.2) is 4.68 Å². The van der Waals surface area contributed by atoms with Crippen molar-refractivity contribution in [3.63, 3.8) is 0 Å². The monoisotopic (exact) mass is 444 g/mol. The van der Waals surface area contributed by atoms with Crippen LogP contribution in [0.5, 0.6) is 5.88 Å². The van der Waals surface area contributed by atoms with Crippen molar-refractivity contribution in [2.75, 3.05) is 7.05 Å². The van der Waals surface area contributed by atoms with E-state index in [1.807, 2.05) is 13.8 Å². The lowest BCUT2D eigenvalue weighted by Crippen LogP contribution is -2.65. The molecule has 0 aliphatic heterocycles. The largest absolute Gasteiger partial charge is 0.474 e. The van der Waals surface area contributed by atoms with Crippen LogP contribution in [0.2, 0.25) is 0 Å². The molecule has 1 heterocycles. The minimum atomic E-state index is -0.743. The molecule has 4 saturated carbocycles. The summed E-state index contributed by atoms with van der Waals surface area (Å²) in [7, 11) is 1.60. The van der Waals surface area contributed by atoms with Crippen molar-refractivity contribution in [1.29, 1.82) is 0 Å². The van der Waals surface area contributed by atoms with Crippen LogP contribution in [0.15, 0.2) is 12.3 Å². The molecule has 0 saturated heterocycles. The maximum absolute atomic E-state index is 13.4. The van der Waals surface area contributed by atoms with Crippen LogP contribution in [0.3, 0.4) is 0 Å². The Morgan fingerprint density at radius 2 is 1.94 bits per heavy atom. The van der Waals surface area contributed by atoms with Gasteiger partial charge in [0.15, 0.2) is 0 Å². The van der Waals surface area contributed by atoms with Crippen molar-refractivity contribution >= 4 is 18.0 Å². The number of ether oxygens (including phenoxy) is 1. The Labute approximate surface area is 189 Å². The van der Waals surface area contributed by atoms with E-state index in [0.29, 0.717) is 29.7 Å². The van der Waals surface area contributed by atoms with Crippen LogP contribution in [0.4, 0.5) is 0 Å². The Morgan fingerprint density at radius 3 is 2.50 bits per heavy atom. The Balaban J connectivity index is 1.58. The zero-order valence-corrected chi connectivity index (χ0v) is 19.8. The van der Waals surface area contributed by atoms with Gasteiger partial charge in [0.1, 0.15) is 5.56 Å². The van der Waals surface area contributed by atoms with E-state index in [0.717, 1.165) is 32.1 Å². The number of nitrogens with one attached hydrogen (secondary N) is 2. The predicted molar refractivity (Wildman–Crippen MR) is 121 cm³/mol. The molecule has 8 heteroatoms. The van der Waals surface area contributed by atoms with Crippen LogP contribution in [-0.2, 0) is 4.79 Å². The zero-order valence-electron chi connectivity index (χ0n) is 19.8. The average Bonchev–Trinajstić information content (AvgIpc) is 3.05. The van der Waals surface area contributed by atoms with Gasteiger partial charge in [0.2, 0.25) is 11.8 Å². The highest BCUT2D eigenvalue weighted by molar-refractivity contribution is 5.97. The second kappa shape index (κ2) is 7.90. The Kier molecular flexibility index (Phi) is 5.64. The number of aromatic nitrogens is 2. The first kappa shape index (κ1) is 22.8. The van der Waals surface area contributed by atoms with E-state index in [9.17, 15) is 14.7 Å². The third kappa shape index (κ3) is 4.29. The first-order valence-electron chi connectivity index (χ1n) is 11.6. The zero-order chi connectivity index (χ0) is 23.3. The molecule has 0 spiro atoms. The number of aliphatic hydroxyl groups is 1. The van der Waals surface area contributed by atoms with Gasteiger partial charge in [0, 0.05) is 18.8 Å². The molecule has 3 N–H and O–H groups in total. The molecule has 4 aliphatic carbocycles. The maximum atomic E-state index is 13.4. The molecule has 2 unspecified atom stereocenters. The number of amides is 2. The van der Waals surface area contributed by atoms with E-state index in [4.69, 9.17) is 4.74 Å². The van der Waals surface area contributed by atoms with E-state index in [1.54, 1.807) is 33.2 Å². The van der Waals surface area contributed by atoms with Gasteiger partial charge in [-0.05, 0) is 78.1 Å². The molecule has 1 aromatic rings. The summed E-state index contributed by atoms with van der Waals surface area (Å²) in [5, 5.41) is 21.3. The Morgan fingerprint density at radius 1 is 1.28 bits per heavy atom. The molecule has 8 nitrogen and oxygen atoms in total. The minimum Gasteiger partial charge on any atom is -0.474 e. The van der Waals surface area contributed by atoms with Crippen LogP contribution in [-0.4, -0.2) is 51.0 Å². The molecule has 4 bridgehead atoms. The molecule has 32 heavy (non-hydrogen) atoms. The molecule has 4 fully saturated rings. The first-order chi connectivity index (χ1) is 14.9. The van der Waals surface area contributed by atoms with Crippen molar-refractivity contribution in [2.45, 2.75) is 83.5 Å². The lowest BCUT2D eigenvalue weighted by atomic mass is 9.51. The quantitative estimate of drug-likeness (QED) is 0.600. The fourth-order valence-corrected chi connectivity index (χ4v) is 6.28. The van der Waals surface area contributed by atoms with Crippen LogP contribution in [0.1, 0.15) is 76.6 Å². The van der Waals surface area contributed by atoms with Gasteiger partial charge in [-0.15, -0.1) is 0 Å². The number of carbonyl (C=O) groups is 2. The Hall–Kier alpha value is -2.35. The summed E-state index contributed by atoms with van der Waals surface area (Å²) in [5.41, 5.74) is -1.38. The van der Waals surface area contributed by atoms with Crippen molar-refractivity contribution in [3.8, 4) is 5.88 Å². The normalized spacial score (nSPS) is 31.3. The van der Waals surface area contributed by atoms with Crippen LogP contribution in [0, 0.1) is 17.3 Å². The van der Waals surface area contributed by atoms with Crippen LogP contribution >= 0.6 is 0 Å². The number of rotatable bonds is 7. The van der Waals surface area contributed by atoms with Gasteiger partial charge >= 0.3 is 0 Å². The molecular weight excluding hydrogens is 408 g/mol.